The summed E-state index contributed by atoms with van der Waals surface area (Å²) in [5, 5.41) is 10.1. The molecule has 0 aromatic carbocycles. The first kappa shape index (κ1) is 28.4. The fourth-order valence-corrected chi connectivity index (χ4v) is 3.65. The van der Waals surface area contributed by atoms with Gasteiger partial charge in [0.25, 0.3) is 0 Å². The van der Waals surface area contributed by atoms with Crippen LogP contribution in [-0.4, -0.2) is 25.2 Å². The molecule has 0 aliphatic rings. The zero-order valence-electron chi connectivity index (χ0n) is 20.0. The normalized spacial score (nSPS) is 13.8. The lowest BCUT2D eigenvalue weighted by molar-refractivity contribution is -0.167. The van der Waals surface area contributed by atoms with Crippen LogP contribution in [-0.2, 0) is 19.1 Å². The summed E-state index contributed by atoms with van der Waals surface area (Å²) in [6.45, 7) is 8.98. The number of nitrogens with zero attached hydrogens (tertiary/aromatic N) is 1. The zero-order valence-corrected chi connectivity index (χ0v) is 20.0. The number of nitriles is 1. The molecule has 0 heterocycles. The van der Waals surface area contributed by atoms with E-state index in [0.29, 0.717) is 32.5 Å². The van der Waals surface area contributed by atoms with Crippen LogP contribution in [0.1, 0.15) is 118 Å². The van der Waals surface area contributed by atoms with Crippen LogP contribution in [0.2, 0.25) is 0 Å². The van der Waals surface area contributed by atoms with Gasteiger partial charge in [-0.2, -0.15) is 5.26 Å². The molecule has 0 aromatic heterocycles. The van der Waals surface area contributed by atoms with Crippen LogP contribution in [0, 0.1) is 22.7 Å². The number of carbonyl (C=O) groups excluding carboxylic acids is 2. The van der Waals surface area contributed by atoms with Gasteiger partial charge in [-0.25, -0.2) is 0 Å². The Balaban J connectivity index is 5.35. The summed E-state index contributed by atoms with van der Waals surface area (Å²) in [7, 11) is 0. The summed E-state index contributed by atoms with van der Waals surface area (Å²) in [6.07, 6.45) is 12.1. The van der Waals surface area contributed by atoms with Crippen molar-refractivity contribution in [2.75, 3.05) is 13.2 Å². The topological polar surface area (TPSA) is 76.4 Å². The number of hydrogen-bond acceptors (Lipinski definition) is 5. The number of ether oxygens (including phenoxy) is 2. The highest BCUT2D eigenvalue weighted by molar-refractivity contribution is 5.88. The average molecular weight is 424 g/mol. The molecular weight excluding hydrogens is 378 g/mol. The predicted octanol–water partition coefficient (Wildman–Crippen LogP) is 6.74. The van der Waals surface area contributed by atoms with E-state index >= 15 is 0 Å². The summed E-state index contributed by atoms with van der Waals surface area (Å²) < 4.78 is 11.1. The van der Waals surface area contributed by atoms with E-state index in [9.17, 15) is 14.9 Å². The molecule has 2 atom stereocenters. The summed E-state index contributed by atoms with van der Waals surface area (Å²) >= 11 is 0. The molecule has 5 nitrogen and oxygen atoms in total. The molecule has 30 heavy (non-hydrogen) atoms. The van der Waals surface area contributed by atoms with E-state index in [2.05, 4.69) is 19.9 Å². The molecule has 2 unspecified atom stereocenters. The molecule has 0 spiro atoms. The van der Waals surface area contributed by atoms with Gasteiger partial charge in [0.2, 0.25) is 0 Å². The van der Waals surface area contributed by atoms with Crippen molar-refractivity contribution in [3.63, 3.8) is 0 Å². The van der Waals surface area contributed by atoms with E-state index in [1.54, 1.807) is 0 Å². The van der Waals surface area contributed by atoms with Gasteiger partial charge in [0.15, 0.2) is 5.41 Å². The standard InChI is InChI=1S/C25H45NO4/c1-5-9-13-15-19-29-23(27)22(17-11-7-3)25(21-26,18-12-8-4)24(28)30-20-16-14-10-6-2/h22H,5-20H2,1-4H3. The third kappa shape index (κ3) is 10.5. The van der Waals surface area contributed by atoms with Crippen LogP contribution >= 0.6 is 0 Å². The van der Waals surface area contributed by atoms with Crippen LogP contribution < -0.4 is 0 Å². The van der Waals surface area contributed by atoms with E-state index in [0.717, 1.165) is 70.6 Å². The highest BCUT2D eigenvalue weighted by atomic mass is 16.5. The van der Waals surface area contributed by atoms with Gasteiger partial charge in [-0.15, -0.1) is 0 Å². The molecule has 0 amide bonds. The Morgan fingerprint density at radius 1 is 0.767 bits per heavy atom. The Kier molecular flexibility index (Phi) is 17.3. The monoisotopic (exact) mass is 423 g/mol. The highest BCUT2D eigenvalue weighted by Crippen LogP contribution is 2.39. The Bertz CT molecular complexity index is 500. The SMILES string of the molecule is CCCCCCOC(=O)C(CCCC)C(C#N)(CCCC)C(=O)OCCCCCC. The molecule has 0 fully saturated rings. The minimum Gasteiger partial charge on any atom is -0.465 e. The molecule has 0 saturated carbocycles. The Morgan fingerprint density at radius 3 is 1.80 bits per heavy atom. The third-order valence-electron chi connectivity index (χ3n) is 5.69. The van der Waals surface area contributed by atoms with E-state index < -0.39 is 23.3 Å². The molecule has 0 saturated heterocycles. The van der Waals surface area contributed by atoms with Crippen LogP contribution in [0.3, 0.4) is 0 Å². The van der Waals surface area contributed by atoms with Gasteiger partial charge < -0.3 is 9.47 Å². The van der Waals surface area contributed by atoms with Crippen LogP contribution in [0.4, 0.5) is 0 Å². The highest BCUT2D eigenvalue weighted by Gasteiger charge is 2.51. The largest absolute Gasteiger partial charge is 0.465 e. The Morgan fingerprint density at radius 2 is 1.30 bits per heavy atom. The van der Waals surface area contributed by atoms with Crippen molar-refractivity contribution in [3.8, 4) is 6.07 Å². The Hall–Kier alpha value is -1.57. The van der Waals surface area contributed by atoms with E-state index in [1.807, 2.05) is 13.8 Å². The molecule has 0 aliphatic carbocycles. The summed E-state index contributed by atoms with van der Waals surface area (Å²) in [6, 6.07) is 2.23. The molecular formula is C25H45NO4. The van der Waals surface area contributed by atoms with Crippen molar-refractivity contribution in [3.05, 3.63) is 0 Å². The van der Waals surface area contributed by atoms with Crippen molar-refractivity contribution in [1.82, 2.24) is 0 Å². The van der Waals surface area contributed by atoms with Crippen LogP contribution in [0.15, 0.2) is 0 Å². The smallest absolute Gasteiger partial charge is 0.327 e. The minimum atomic E-state index is -1.45. The summed E-state index contributed by atoms with van der Waals surface area (Å²) in [5.74, 6) is -1.72. The van der Waals surface area contributed by atoms with Crippen molar-refractivity contribution >= 4 is 11.9 Å². The number of hydrogen-bond donors (Lipinski definition) is 0. The Labute approximate surface area is 184 Å². The van der Waals surface area contributed by atoms with Crippen molar-refractivity contribution < 1.29 is 19.1 Å². The summed E-state index contributed by atoms with van der Waals surface area (Å²) in [4.78, 5) is 26.1. The first-order chi connectivity index (χ1) is 14.5. The zero-order chi connectivity index (χ0) is 22.7. The van der Waals surface area contributed by atoms with Gasteiger partial charge in [0.05, 0.1) is 25.2 Å². The lowest BCUT2D eigenvalue weighted by atomic mass is 9.70. The first-order valence-corrected chi connectivity index (χ1v) is 12.3. The minimum absolute atomic E-state index is 0.306. The predicted molar refractivity (Wildman–Crippen MR) is 121 cm³/mol. The maximum Gasteiger partial charge on any atom is 0.327 e. The van der Waals surface area contributed by atoms with Gasteiger partial charge >= 0.3 is 11.9 Å². The number of carbonyl (C=O) groups is 2. The van der Waals surface area contributed by atoms with E-state index in [4.69, 9.17) is 9.47 Å². The fourth-order valence-electron chi connectivity index (χ4n) is 3.65. The number of unbranched alkanes of at least 4 members (excludes halogenated alkanes) is 8. The lowest BCUT2D eigenvalue weighted by Crippen LogP contribution is -2.44. The van der Waals surface area contributed by atoms with Crippen LogP contribution in [0.25, 0.3) is 0 Å². The van der Waals surface area contributed by atoms with Crippen molar-refractivity contribution in [2.24, 2.45) is 11.3 Å². The molecule has 174 valence electrons. The van der Waals surface area contributed by atoms with Crippen molar-refractivity contribution in [1.29, 1.82) is 5.26 Å². The van der Waals surface area contributed by atoms with Crippen molar-refractivity contribution in [2.45, 2.75) is 118 Å². The molecule has 0 aromatic rings. The summed E-state index contributed by atoms with van der Waals surface area (Å²) in [5.41, 5.74) is -1.45. The van der Waals surface area contributed by atoms with E-state index in [1.165, 1.54) is 0 Å². The van der Waals surface area contributed by atoms with Gasteiger partial charge in [-0.1, -0.05) is 91.9 Å². The van der Waals surface area contributed by atoms with Gasteiger partial charge in [-0.05, 0) is 25.7 Å². The second-order valence-electron chi connectivity index (χ2n) is 8.31. The molecule has 0 bridgehead atoms. The second kappa shape index (κ2) is 18.2. The van der Waals surface area contributed by atoms with Gasteiger partial charge in [-0.3, -0.25) is 9.59 Å². The number of esters is 2. The molecule has 0 radical (unpaired) electrons. The second-order valence-corrected chi connectivity index (χ2v) is 8.31. The maximum absolute atomic E-state index is 13.1. The molecule has 0 aliphatic heterocycles. The molecule has 0 rings (SSSR count). The van der Waals surface area contributed by atoms with Gasteiger partial charge in [0.1, 0.15) is 0 Å². The average Bonchev–Trinajstić information content (AvgIpc) is 2.75. The fraction of sp³-hybridized carbons (Fsp3) is 0.880. The van der Waals surface area contributed by atoms with Crippen LogP contribution in [0.5, 0.6) is 0 Å². The van der Waals surface area contributed by atoms with Gasteiger partial charge in [0, 0.05) is 0 Å². The molecule has 0 N–H and O–H groups in total. The quantitative estimate of drug-likeness (QED) is 0.170. The maximum atomic E-state index is 13.1. The van der Waals surface area contributed by atoms with E-state index in [-0.39, 0.29) is 0 Å². The third-order valence-corrected chi connectivity index (χ3v) is 5.69. The number of rotatable bonds is 19. The lowest BCUT2D eigenvalue weighted by Gasteiger charge is -2.31. The molecule has 5 heteroatoms. The first-order valence-electron chi connectivity index (χ1n) is 12.3.